The van der Waals surface area contributed by atoms with E-state index in [1.54, 1.807) is 12.1 Å². The first kappa shape index (κ1) is 31.6. The number of carbonyl (C=O) groups is 1. The Morgan fingerprint density at radius 1 is 0.667 bits per heavy atom. The minimum absolute atomic E-state index is 0.121. The maximum absolute atomic E-state index is 15.3. The molecule has 2 aliphatic carbocycles. The summed E-state index contributed by atoms with van der Waals surface area (Å²) in [5, 5.41) is 9.62. The Hall–Kier alpha value is -3.37. The van der Waals surface area contributed by atoms with E-state index in [2.05, 4.69) is 0 Å². The Bertz CT molecular complexity index is 1590. The summed E-state index contributed by atoms with van der Waals surface area (Å²) in [6, 6.07) is 8.56. The van der Waals surface area contributed by atoms with E-state index >= 15 is 8.78 Å². The Morgan fingerprint density at radius 3 is 1.62 bits per heavy atom. The van der Waals surface area contributed by atoms with Crippen molar-refractivity contribution >= 4 is 5.97 Å². The number of carbonyl (C=O) groups excluding carboxylic acids is 1. The molecule has 0 radical (unpaired) electrons. The minimum atomic E-state index is -1.30. The zero-order valence-electron chi connectivity index (χ0n) is 24.7. The largest absolute Gasteiger partial charge is 0.459 e. The fourth-order valence-corrected chi connectivity index (χ4v) is 7.05. The van der Waals surface area contributed by atoms with E-state index in [9.17, 15) is 27.5 Å². The normalized spacial score (nSPS) is 25.6. The van der Waals surface area contributed by atoms with E-state index in [0.29, 0.717) is 58.0 Å². The molecule has 3 aliphatic rings. The molecule has 0 amide bonds. The maximum Gasteiger partial charge on any atom is 0.341 e. The van der Waals surface area contributed by atoms with Gasteiger partial charge in [0.2, 0.25) is 0 Å². The lowest BCUT2D eigenvalue weighted by Crippen LogP contribution is -2.25. The molecule has 1 saturated heterocycles. The average molecular weight is 633 g/mol. The summed E-state index contributed by atoms with van der Waals surface area (Å²) < 4.78 is 99.3. The van der Waals surface area contributed by atoms with Gasteiger partial charge >= 0.3 is 5.97 Å². The SMILES string of the molecule is CC(O)c1ccc(C2CCC(OC(=O)c3ccc(C4CCC(c5ccc(C6CO6)c(F)c5F)CC4)c(F)c3F)CC2)c(F)c1F. The smallest absolute Gasteiger partial charge is 0.341 e. The van der Waals surface area contributed by atoms with Gasteiger partial charge in [-0.3, -0.25) is 0 Å². The van der Waals surface area contributed by atoms with Crippen molar-refractivity contribution in [3.8, 4) is 0 Å². The van der Waals surface area contributed by atoms with Crippen LogP contribution in [0.2, 0.25) is 0 Å². The lowest BCUT2D eigenvalue weighted by Gasteiger charge is -2.30. The molecule has 2 atom stereocenters. The van der Waals surface area contributed by atoms with Gasteiger partial charge in [-0.25, -0.2) is 31.1 Å². The number of hydrogen-bond acceptors (Lipinski definition) is 4. The van der Waals surface area contributed by atoms with Crippen LogP contribution in [-0.2, 0) is 9.47 Å². The molecule has 4 nitrogen and oxygen atoms in total. The van der Waals surface area contributed by atoms with Gasteiger partial charge in [0.1, 0.15) is 12.2 Å². The van der Waals surface area contributed by atoms with Crippen LogP contribution >= 0.6 is 0 Å². The maximum atomic E-state index is 15.3. The zero-order chi connectivity index (χ0) is 32.0. The molecule has 6 rings (SSSR count). The summed E-state index contributed by atoms with van der Waals surface area (Å²) >= 11 is 0. The minimum Gasteiger partial charge on any atom is -0.459 e. The quantitative estimate of drug-likeness (QED) is 0.161. The Kier molecular flexibility index (Phi) is 8.98. The van der Waals surface area contributed by atoms with Crippen molar-refractivity contribution in [2.24, 2.45) is 0 Å². The molecule has 3 fully saturated rings. The number of rotatable bonds is 7. The number of halogens is 6. The highest BCUT2D eigenvalue weighted by atomic mass is 19.2. The van der Waals surface area contributed by atoms with Gasteiger partial charge in [-0.15, -0.1) is 0 Å². The van der Waals surface area contributed by atoms with Crippen molar-refractivity contribution in [2.75, 3.05) is 6.61 Å². The van der Waals surface area contributed by atoms with Crippen LogP contribution in [0, 0.1) is 34.9 Å². The van der Waals surface area contributed by atoms with Crippen LogP contribution in [0.1, 0.15) is 126 Å². The summed E-state index contributed by atoms with van der Waals surface area (Å²) in [7, 11) is 0. The van der Waals surface area contributed by atoms with Crippen LogP contribution in [-0.4, -0.2) is 23.8 Å². The first-order valence-corrected chi connectivity index (χ1v) is 15.5. The van der Waals surface area contributed by atoms with Crippen molar-refractivity contribution in [1.29, 1.82) is 0 Å². The first-order valence-electron chi connectivity index (χ1n) is 15.5. The molecule has 2 saturated carbocycles. The predicted octanol–water partition coefficient (Wildman–Crippen LogP) is 8.97. The van der Waals surface area contributed by atoms with Crippen LogP contribution in [0.4, 0.5) is 26.3 Å². The van der Waals surface area contributed by atoms with Gasteiger partial charge in [-0.1, -0.05) is 30.3 Å². The van der Waals surface area contributed by atoms with E-state index in [0.717, 1.165) is 0 Å². The topological polar surface area (TPSA) is 59.1 Å². The van der Waals surface area contributed by atoms with Crippen LogP contribution in [0.15, 0.2) is 36.4 Å². The van der Waals surface area contributed by atoms with Gasteiger partial charge < -0.3 is 14.6 Å². The van der Waals surface area contributed by atoms with Crippen LogP contribution < -0.4 is 0 Å². The first-order chi connectivity index (χ1) is 21.5. The van der Waals surface area contributed by atoms with Crippen molar-refractivity contribution in [2.45, 2.75) is 94.4 Å². The molecule has 2 unspecified atom stereocenters. The fraction of sp³-hybridized carbons (Fsp3) is 0.457. The molecule has 45 heavy (non-hydrogen) atoms. The molecular formula is C35H34F6O4. The molecule has 0 spiro atoms. The van der Waals surface area contributed by atoms with Gasteiger partial charge in [-0.2, -0.15) is 0 Å². The number of ether oxygens (including phenoxy) is 2. The van der Waals surface area contributed by atoms with Crippen molar-refractivity contribution in [3.63, 3.8) is 0 Å². The van der Waals surface area contributed by atoms with E-state index in [1.807, 2.05) is 0 Å². The summed E-state index contributed by atoms with van der Waals surface area (Å²) in [6.07, 6.45) is 1.15. The van der Waals surface area contributed by atoms with E-state index in [4.69, 9.17) is 9.47 Å². The third kappa shape index (κ3) is 6.23. The van der Waals surface area contributed by atoms with Gasteiger partial charge in [-0.05, 0) is 98.8 Å². The lowest BCUT2D eigenvalue weighted by atomic mass is 9.75. The van der Waals surface area contributed by atoms with Crippen molar-refractivity contribution < 1.29 is 45.7 Å². The number of aliphatic hydroxyl groups is 1. The number of epoxide rings is 1. The third-order valence-electron chi connectivity index (χ3n) is 9.74. The van der Waals surface area contributed by atoms with Crippen LogP contribution in [0.5, 0.6) is 0 Å². The Balaban J connectivity index is 1.05. The van der Waals surface area contributed by atoms with Crippen molar-refractivity contribution in [3.05, 3.63) is 105 Å². The molecular weight excluding hydrogens is 598 g/mol. The molecule has 1 heterocycles. The summed E-state index contributed by atoms with van der Waals surface area (Å²) in [6.45, 7) is 1.72. The highest BCUT2D eigenvalue weighted by Crippen LogP contribution is 2.44. The second-order valence-corrected chi connectivity index (χ2v) is 12.5. The number of hydrogen-bond donors (Lipinski definition) is 1. The molecule has 3 aromatic carbocycles. The summed E-state index contributed by atoms with van der Waals surface area (Å²) in [4.78, 5) is 12.8. The molecule has 0 bridgehead atoms. The number of benzene rings is 3. The van der Waals surface area contributed by atoms with Gasteiger partial charge in [0.05, 0.1) is 18.3 Å². The molecule has 0 aromatic heterocycles. The number of aliphatic hydroxyl groups excluding tert-OH is 1. The summed E-state index contributed by atoms with van der Waals surface area (Å²) in [5.41, 5.74) is 0.169. The Morgan fingerprint density at radius 2 is 1.09 bits per heavy atom. The monoisotopic (exact) mass is 632 g/mol. The van der Waals surface area contributed by atoms with Crippen LogP contribution in [0.3, 0.4) is 0 Å². The predicted molar refractivity (Wildman–Crippen MR) is 153 cm³/mol. The average Bonchev–Trinajstić information content (AvgIpc) is 3.87. The third-order valence-corrected chi connectivity index (χ3v) is 9.74. The second kappa shape index (κ2) is 12.8. The second-order valence-electron chi connectivity index (χ2n) is 12.5. The molecule has 1 N–H and O–H groups in total. The highest BCUT2D eigenvalue weighted by molar-refractivity contribution is 5.90. The molecule has 10 heteroatoms. The Labute approximate surface area is 257 Å². The zero-order valence-corrected chi connectivity index (χ0v) is 24.7. The van der Waals surface area contributed by atoms with E-state index in [-0.39, 0.29) is 45.6 Å². The van der Waals surface area contributed by atoms with Crippen molar-refractivity contribution in [1.82, 2.24) is 0 Å². The van der Waals surface area contributed by atoms with Crippen LogP contribution in [0.25, 0.3) is 0 Å². The van der Waals surface area contributed by atoms with Gasteiger partial charge in [0, 0.05) is 11.1 Å². The van der Waals surface area contributed by atoms with E-state index in [1.165, 1.54) is 31.2 Å². The molecule has 240 valence electrons. The molecule has 1 aliphatic heterocycles. The van der Waals surface area contributed by atoms with Gasteiger partial charge in [0.15, 0.2) is 34.9 Å². The van der Waals surface area contributed by atoms with E-state index < -0.39 is 64.7 Å². The molecule has 3 aromatic rings. The van der Waals surface area contributed by atoms with Gasteiger partial charge in [0.25, 0.3) is 0 Å². The fourth-order valence-electron chi connectivity index (χ4n) is 7.05. The standard InChI is InChI=1S/C35H34F6O4/c1-17(42)22-10-11-23(30(37)29(22)36)20-6-8-21(9-7-20)45-35(43)27-15-13-25(32(39)34(27)41)19-4-2-18(3-5-19)24-12-14-26(28-16-44-28)33(40)31(24)38/h10-15,17-21,28,42H,2-9,16H2,1H3. The highest BCUT2D eigenvalue weighted by Gasteiger charge is 2.34. The summed E-state index contributed by atoms with van der Waals surface area (Å²) in [5.74, 6) is -8.18. The lowest BCUT2D eigenvalue weighted by molar-refractivity contribution is 0.0188. The number of esters is 1.